The lowest BCUT2D eigenvalue weighted by Gasteiger charge is -2.23. The Morgan fingerprint density at radius 2 is 2.00 bits per heavy atom. The van der Waals surface area contributed by atoms with Crippen LogP contribution in [0, 0.1) is 17.2 Å². The van der Waals surface area contributed by atoms with Gasteiger partial charge in [0.15, 0.2) is 5.60 Å². The van der Waals surface area contributed by atoms with Gasteiger partial charge in [-0.15, -0.1) is 0 Å². The van der Waals surface area contributed by atoms with Gasteiger partial charge in [0.1, 0.15) is 0 Å². The first-order chi connectivity index (χ1) is 12.1. The topological polar surface area (TPSA) is 82.3 Å². The van der Waals surface area contributed by atoms with Crippen molar-refractivity contribution < 1.29 is 27.8 Å². The first-order valence-corrected chi connectivity index (χ1v) is 7.71. The van der Waals surface area contributed by atoms with Crippen LogP contribution in [0.25, 0.3) is 0 Å². The fourth-order valence-corrected chi connectivity index (χ4v) is 2.27. The molecule has 2 N–H and O–H groups in total. The van der Waals surface area contributed by atoms with Crippen LogP contribution in [0.2, 0.25) is 0 Å². The number of allylic oxidation sites excluding steroid dienone is 2. The number of alkyl halides is 3. The highest BCUT2D eigenvalue weighted by Gasteiger charge is 2.35. The maximum absolute atomic E-state index is 13.0. The third-order valence-electron chi connectivity index (χ3n) is 3.71. The minimum absolute atomic E-state index is 0.0572. The molecule has 0 unspecified atom stereocenters. The van der Waals surface area contributed by atoms with E-state index in [2.05, 4.69) is 5.32 Å². The second-order valence-electron chi connectivity index (χ2n) is 6.05. The van der Waals surface area contributed by atoms with Crippen molar-refractivity contribution in [1.82, 2.24) is 0 Å². The number of anilines is 1. The van der Waals surface area contributed by atoms with Gasteiger partial charge < -0.3 is 15.2 Å². The number of aliphatic hydroxyl groups is 1. The van der Waals surface area contributed by atoms with Crippen molar-refractivity contribution >= 4 is 11.6 Å². The highest BCUT2D eigenvalue weighted by molar-refractivity contribution is 5.97. The van der Waals surface area contributed by atoms with Crippen molar-refractivity contribution in [3.05, 3.63) is 53.6 Å². The molecule has 138 valence electrons. The maximum Gasteiger partial charge on any atom is 0.417 e. The number of carbonyl (C=O) groups is 1. The molecule has 0 aromatic heterocycles. The van der Waals surface area contributed by atoms with E-state index in [1.54, 1.807) is 0 Å². The number of carbonyl (C=O) groups excluding carboxylic acids is 1. The Bertz CT molecular complexity index is 765. The number of nitrogens with one attached hydrogen (secondary N) is 1. The molecule has 0 heterocycles. The molecule has 1 aliphatic carbocycles. The van der Waals surface area contributed by atoms with Gasteiger partial charge in [0.25, 0.3) is 5.91 Å². The van der Waals surface area contributed by atoms with E-state index in [4.69, 9.17) is 10.00 Å². The first kappa shape index (κ1) is 19.7. The van der Waals surface area contributed by atoms with Gasteiger partial charge in [-0.25, -0.2) is 0 Å². The van der Waals surface area contributed by atoms with E-state index in [0.717, 1.165) is 12.1 Å². The Balaban J connectivity index is 2.02. The molecule has 8 heteroatoms. The average molecular weight is 366 g/mol. The monoisotopic (exact) mass is 366 g/mol. The summed E-state index contributed by atoms with van der Waals surface area (Å²) >= 11 is 0. The third kappa shape index (κ3) is 4.94. The summed E-state index contributed by atoms with van der Waals surface area (Å²) in [6, 6.07) is 4.23. The lowest BCUT2D eigenvalue weighted by Crippen LogP contribution is -2.44. The van der Waals surface area contributed by atoms with Crippen LogP contribution in [0.15, 0.2) is 42.5 Å². The summed E-state index contributed by atoms with van der Waals surface area (Å²) in [6.45, 7) is 1.15. The summed E-state index contributed by atoms with van der Waals surface area (Å²) in [5.41, 5.74) is -3.82. The quantitative estimate of drug-likeness (QED) is 0.811. The van der Waals surface area contributed by atoms with Gasteiger partial charge in [0, 0.05) is 11.6 Å². The van der Waals surface area contributed by atoms with Crippen molar-refractivity contribution in [2.45, 2.75) is 18.7 Å². The second-order valence-corrected chi connectivity index (χ2v) is 6.05. The van der Waals surface area contributed by atoms with Crippen LogP contribution in [0.5, 0.6) is 0 Å². The van der Waals surface area contributed by atoms with Crippen LogP contribution in [-0.4, -0.2) is 29.8 Å². The normalized spacial score (nSPS) is 16.3. The van der Waals surface area contributed by atoms with Crippen molar-refractivity contribution in [2.75, 3.05) is 18.5 Å². The van der Waals surface area contributed by atoms with E-state index in [1.807, 2.05) is 24.3 Å². The predicted octanol–water partition coefficient (Wildman–Crippen LogP) is 3.03. The lowest BCUT2D eigenvalue weighted by molar-refractivity contribution is -0.139. The molecule has 1 aromatic rings. The number of nitrogens with zero attached hydrogens (tertiary/aromatic N) is 1. The zero-order chi connectivity index (χ0) is 19.4. The summed E-state index contributed by atoms with van der Waals surface area (Å²) in [5, 5.41) is 21.2. The van der Waals surface area contributed by atoms with Crippen LogP contribution >= 0.6 is 0 Å². The molecular formula is C18H17F3N2O3. The van der Waals surface area contributed by atoms with Gasteiger partial charge in [-0.1, -0.05) is 24.3 Å². The number of halogens is 3. The zero-order valence-electron chi connectivity index (χ0n) is 13.9. The summed E-state index contributed by atoms with van der Waals surface area (Å²) < 4.78 is 44.2. The number of hydrogen-bond acceptors (Lipinski definition) is 4. The first-order valence-electron chi connectivity index (χ1n) is 7.71. The van der Waals surface area contributed by atoms with Crippen LogP contribution < -0.4 is 5.32 Å². The number of ether oxygens (including phenoxy) is 1. The fourth-order valence-electron chi connectivity index (χ4n) is 2.27. The van der Waals surface area contributed by atoms with Crippen LogP contribution in [0.1, 0.15) is 18.1 Å². The molecular weight excluding hydrogens is 349 g/mol. The summed E-state index contributed by atoms with van der Waals surface area (Å²) in [5.74, 6) is -0.852. The van der Waals surface area contributed by atoms with E-state index in [0.29, 0.717) is 6.07 Å². The Labute approximate surface area is 148 Å². The molecule has 0 fully saturated rings. The van der Waals surface area contributed by atoms with E-state index in [9.17, 15) is 23.1 Å². The van der Waals surface area contributed by atoms with Gasteiger partial charge in [-0.05, 0) is 25.1 Å². The molecule has 0 saturated carbocycles. The second kappa shape index (κ2) is 7.72. The van der Waals surface area contributed by atoms with Crippen LogP contribution in [0.3, 0.4) is 0 Å². The van der Waals surface area contributed by atoms with E-state index >= 15 is 0 Å². The van der Waals surface area contributed by atoms with Gasteiger partial charge >= 0.3 is 6.18 Å². The summed E-state index contributed by atoms with van der Waals surface area (Å²) in [6.07, 6.45) is 2.75. The van der Waals surface area contributed by atoms with E-state index in [-0.39, 0.29) is 24.8 Å². The van der Waals surface area contributed by atoms with Crippen LogP contribution in [-0.2, 0) is 15.7 Å². The third-order valence-corrected chi connectivity index (χ3v) is 3.71. The van der Waals surface area contributed by atoms with Gasteiger partial charge in [-0.3, -0.25) is 4.79 Å². The molecule has 0 bridgehead atoms. The SMILES string of the molecule is C[C@](O)(COCC1C=CC=C1)C(=O)Nc1ccc(C#N)c(C(F)(F)F)c1. The molecule has 0 aliphatic heterocycles. The van der Waals surface area contributed by atoms with E-state index < -0.39 is 28.8 Å². The Kier molecular flexibility index (Phi) is 5.85. The predicted molar refractivity (Wildman–Crippen MR) is 88.0 cm³/mol. The van der Waals surface area contributed by atoms with Crippen LogP contribution in [0.4, 0.5) is 18.9 Å². The maximum atomic E-state index is 13.0. The Hall–Kier alpha value is -2.63. The van der Waals surface area contributed by atoms with Crippen molar-refractivity contribution in [3.8, 4) is 6.07 Å². The zero-order valence-corrected chi connectivity index (χ0v) is 13.9. The summed E-state index contributed by atoms with van der Waals surface area (Å²) in [4.78, 5) is 12.2. The molecule has 26 heavy (non-hydrogen) atoms. The number of benzene rings is 1. The number of rotatable bonds is 6. The number of amides is 1. The highest BCUT2D eigenvalue weighted by Crippen LogP contribution is 2.33. The van der Waals surface area contributed by atoms with Crippen molar-refractivity contribution in [1.29, 1.82) is 5.26 Å². The average Bonchev–Trinajstić information content (AvgIpc) is 3.07. The largest absolute Gasteiger partial charge is 0.417 e. The molecule has 1 aromatic carbocycles. The molecule has 1 amide bonds. The summed E-state index contributed by atoms with van der Waals surface area (Å²) in [7, 11) is 0. The molecule has 1 atom stereocenters. The molecule has 0 radical (unpaired) electrons. The molecule has 2 rings (SSSR count). The van der Waals surface area contributed by atoms with Gasteiger partial charge in [0.05, 0.1) is 30.4 Å². The molecule has 1 aliphatic rings. The van der Waals surface area contributed by atoms with E-state index in [1.165, 1.54) is 13.0 Å². The van der Waals surface area contributed by atoms with Crippen molar-refractivity contribution in [2.24, 2.45) is 5.92 Å². The fraction of sp³-hybridized carbons (Fsp3) is 0.333. The molecule has 0 spiro atoms. The lowest BCUT2D eigenvalue weighted by atomic mass is 10.1. The van der Waals surface area contributed by atoms with Gasteiger partial charge in [-0.2, -0.15) is 18.4 Å². The molecule has 0 saturated heterocycles. The minimum Gasteiger partial charge on any atom is -0.378 e. The number of nitriles is 1. The highest BCUT2D eigenvalue weighted by atomic mass is 19.4. The minimum atomic E-state index is -4.74. The standard InChI is InChI=1S/C18H17F3N2O3/c1-17(25,11-26-10-12-4-2-3-5-12)16(24)23-14-7-6-13(9-22)15(8-14)18(19,20)21/h2-8,12,25H,10-11H2,1H3,(H,23,24)/t17-/m0/s1. The number of hydrogen-bond donors (Lipinski definition) is 2. The Morgan fingerprint density at radius 3 is 2.58 bits per heavy atom. The Morgan fingerprint density at radius 1 is 1.35 bits per heavy atom. The smallest absolute Gasteiger partial charge is 0.378 e. The van der Waals surface area contributed by atoms with Gasteiger partial charge in [0.2, 0.25) is 0 Å². The molecule has 5 nitrogen and oxygen atoms in total. The van der Waals surface area contributed by atoms with Crippen molar-refractivity contribution in [3.63, 3.8) is 0 Å².